The Labute approximate surface area is 142 Å². The van der Waals surface area contributed by atoms with Crippen LogP contribution in [0.5, 0.6) is 0 Å². The molecule has 1 aliphatic rings. The van der Waals surface area contributed by atoms with Crippen molar-refractivity contribution in [2.24, 2.45) is 5.92 Å². The molecular weight excluding hydrogens is 302 g/mol. The number of rotatable bonds is 5. The minimum absolute atomic E-state index is 0.0164. The smallest absolute Gasteiger partial charge is 0.273 e. The maximum absolute atomic E-state index is 12.5. The summed E-state index contributed by atoms with van der Waals surface area (Å²) in [6.07, 6.45) is 5.73. The van der Waals surface area contributed by atoms with Crippen molar-refractivity contribution in [1.29, 1.82) is 0 Å². The maximum Gasteiger partial charge on any atom is 0.273 e. The standard InChI is InChI=1S/C18H25N5O/c1-12(2)8-9-23-11-17(21-22-23)18(24)20-16-5-3-4-13-10-14(19)6-7-15(13)16/h6-7,10-12,16H,3-5,8-9,19H2,1-2H3,(H,20,24). The summed E-state index contributed by atoms with van der Waals surface area (Å²) in [7, 11) is 0. The third kappa shape index (κ3) is 3.75. The summed E-state index contributed by atoms with van der Waals surface area (Å²) >= 11 is 0. The number of nitrogens with one attached hydrogen (secondary N) is 1. The molecule has 1 atom stereocenters. The number of aromatic nitrogens is 3. The first-order chi connectivity index (χ1) is 11.5. The largest absolute Gasteiger partial charge is 0.399 e. The molecule has 1 aromatic heterocycles. The highest BCUT2D eigenvalue weighted by atomic mass is 16.2. The van der Waals surface area contributed by atoms with E-state index < -0.39 is 0 Å². The number of aryl methyl sites for hydroxylation is 2. The van der Waals surface area contributed by atoms with Gasteiger partial charge in [-0.2, -0.15) is 0 Å². The number of nitrogen functional groups attached to an aromatic ring is 1. The molecule has 0 saturated carbocycles. The monoisotopic (exact) mass is 327 g/mol. The fourth-order valence-corrected chi connectivity index (χ4v) is 3.12. The van der Waals surface area contributed by atoms with Crippen molar-refractivity contribution >= 4 is 11.6 Å². The van der Waals surface area contributed by atoms with E-state index in [0.717, 1.165) is 43.5 Å². The van der Waals surface area contributed by atoms with Crippen LogP contribution in [-0.4, -0.2) is 20.9 Å². The number of nitrogens with zero attached hydrogens (tertiary/aromatic N) is 3. The normalized spacial score (nSPS) is 16.9. The molecule has 6 heteroatoms. The minimum Gasteiger partial charge on any atom is -0.399 e. The lowest BCUT2D eigenvalue weighted by molar-refractivity contribution is 0.0927. The summed E-state index contributed by atoms with van der Waals surface area (Å²) in [5.41, 5.74) is 9.40. The van der Waals surface area contributed by atoms with Gasteiger partial charge in [-0.3, -0.25) is 9.48 Å². The van der Waals surface area contributed by atoms with Gasteiger partial charge >= 0.3 is 0 Å². The van der Waals surface area contributed by atoms with E-state index in [1.807, 2.05) is 18.2 Å². The van der Waals surface area contributed by atoms with E-state index >= 15 is 0 Å². The first-order valence-electron chi connectivity index (χ1n) is 8.62. The number of carbonyl (C=O) groups is 1. The summed E-state index contributed by atoms with van der Waals surface area (Å²) in [5, 5.41) is 11.2. The van der Waals surface area contributed by atoms with Crippen LogP contribution < -0.4 is 11.1 Å². The number of amides is 1. The number of nitrogens with two attached hydrogens (primary N) is 1. The van der Waals surface area contributed by atoms with E-state index in [1.54, 1.807) is 10.9 Å². The number of fused-ring (bicyclic) bond motifs is 1. The summed E-state index contributed by atoms with van der Waals surface area (Å²) < 4.78 is 1.74. The van der Waals surface area contributed by atoms with E-state index in [1.165, 1.54) is 5.56 Å². The zero-order chi connectivity index (χ0) is 17.1. The van der Waals surface area contributed by atoms with Gasteiger partial charge in [-0.1, -0.05) is 25.1 Å². The average Bonchev–Trinajstić information content (AvgIpc) is 3.02. The van der Waals surface area contributed by atoms with E-state index in [4.69, 9.17) is 5.73 Å². The number of hydrogen-bond acceptors (Lipinski definition) is 4. The fraction of sp³-hybridized carbons (Fsp3) is 0.500. The lowest BCUT2D eigenvalue weighted by Crippen LogP contribution is -2.31. The van der Waals surface area contributed by atoms with Crippen LogP contribution in [0.1, 0.15) is 60.8 Å². The van der Waals surface area contributed by atoms with Gasteiger partial charge in [0.15, 0.2) is 5.69 Å². The van der Waals surface area contributed by atoms with Crippen molar-refractivity contribution in [1.82, 2.24) is 20.3 Å². The fourth-order valence-electron chi connectivity index (χ4n) is 3.12. The molecule has 1 heterocycles. The zero-order valence-electron chi connectivity index (χ0n) is 14.3. The van der Waals surface area contributed by atoms with Gasteiger partial charge in [0.1, 0.15) is 0 Å². The predicted molar refractivity (Wildman–Crippen MR) is 93.5 cm³/mol. The second-order valence-corrected chi connectivity index (χ2v) is 6.93. The molecule has 0 spiro atoms. The first-order valence-corrected chi connectivity index (χ1v) is 8.62. The summed E-state index contributed by atoms with van der Waals surface area (Å²) in [6, 6.07) is 5.94. The Balaban J connectivity index is 1.68. The molecule has 2 aromatic rings. The molecule has 1 aliphatic carbocycles. The molecule has 0 aliphatic heterocycles. The summed E-state index contributed by atoms with van der Waals surface area (Å²) in [4.78, 5) is 12.5. The van der Waals surface area contributed by atoms with Crippen LogP contribution in [-0.2, 0) is 13.0 Å². The minimum atomic E-state index is -0.166. The topological polar surface area (TPSA) is 85.8 Å². The highest BCUT2D eigenvalue weighted by Gasteiger charge is 2.23. The van der Waals surface area contributed by atoms with Gasteiger partial charge in [0, 0.05) is 12.2 Å². The van der Waals surface area contributed by atoms with Gasteiger partial charge < -0.3 is 11.1 Å². The van der Waals surface area contributed by atoms with Gasteiger partial charge in [0.25, 0.3) is 5.91 Å². The Morgan fingerprint density at radius 2 is 2.29 bits per heavy atom. The molecule has 1 unspecified atom stereocenters. The molecule has 0 saturated heterocycles. The lowest BCUT2D eigenvalue weighted by Gasteiger charge is -2.26. The van der Waals surface area contributed by atoms with Crippen LogP contribution >= 0.6 is 0 Å². The zero-order valence-corrected chi connectivity index (χ0v) is 14.3. The Morgan fingerprint density at radius 1 is 1.46 bits per heavy atom. The van der Waals surface area contributed by atoms with Gasteiger partial charge in [0.05, 0.1) is 12.2 Å². The van der Waals surface area contributed by atoms with Crippen LogP contribution in [0, 0.1) is 5.92 Å². The van der Waals surface area contributed by atoms with E-state index in [9.17, 15) is 4.79 Å². The third-order valence-electron chi connectivity index (χ3n) is 4.49. The summed E-state index contributed by atoms with van der Waals surface area (Å²) in [5.74, 6) is 0.429. The van der Waals surface area contributed by atoms with Crippen LogP contribution in [0.4, 0.5) is 5.69 Å². The second-order valence-electron chi connectivity index (χ2n) is 6.93. The second kappa shape index (κ2) is 7.03. The summed E-state index contributed by atoms with van der Waals surface area (Å²) in [6.45, 7) is 5.11. The molecule has 3 N–H and O–H groups in total. The molecule has 128 valence electrons. The van der Waals surface area contributed by atoms with Gasteiger partial charge in [-0.25, -0.2) is 0 Å². The van der Waals surface area contributed by atoms with E-state index in [2.05, 4.69) is 29.5 Å². The van der Waals surface area contributed by atoms with Crippen molar-refractivity contribution in [3.05, 3.63) is 41.2 Å². The third-order valence-corrected chi connectivity index (χ3v) is 4.49. The van der Waals surface area contributed by atoms with Crippen molar-refractivity contribution in [3.63, 3.8) is 0 Å². The van der Waals surface area contributed by atoms with Crippen LogP contribution in [0.3, 0.4) is 0 Å². The molecule has 24 heavy (non-hydrogen) atoms. The molecule has 3 rings (SSSR count). The highest BCUT2D eigenvalue weighted by molar-refractivity contribution is 5.92. The Hall–Kier alpha value is -2.37. The Morgan fingerprint density at radius 3 is 3.08 bits per heavy atom. The Bertz CT molecular complexity index is 722. The van der Waals surface area contributed by atoms with E-state index in [-0.39, 0.29) is 11.9 Å². The number of benzene rings is 1. The van der Waals surface area contributed by atoms with Gasteiger partial charge in [-0.15, -0.1) is 5.10 Å². The van der Waals surface area contributed by atoms with Crippen molar-refractivity contribution in [2.45, 2.75) is 52.1 Å². The molecule has 0 bridgehead atoms. The number of hydrogen-bond donors (Lipinski definition) is 2. The SMILES string of the molecule is CC(C)CCn1cc(C(=O)NC2CCCc3cc(N)ccc32)nn1. The molecule has 0 fully saturated rings. The van der Waals surface area contributed by atoms with Crippen LogP contribution in [0.25, 0.3) is 0 Å². The highest BCUT2D eigenvalue weighted by Crippen LogP contribution is 2.31. The molecule has 1 amide bonds. The number of carbonyl (C=O) groups excluding carboxylic acids is 1. The Kier molecular flexibility index (Phi) is 4.83. The van der Waals surface area contributed by atoms with Crippen molar-refractivity contribution in [2.75, 3.05) is 5.73 Å². The maximum atomic E-state index is 12.5. The average molecular weight is 327 g/mol. The molecule has 1 aromatic carbocycles. The quantitative estimate of drug-likeness (QED) is 0.827. The van der Waals surface area contributed by atoms with Gasteiger partial charge in [-0.05, 0) is 54.9 Å². The first kappa shape index (κ1) is 16.5. The molecule has 6 nitrogen and oxygen atoms in total. The van der Waals surface area contributed by atoms with E-state index in [0.29, 0.717) is 11.6 Å². The predicted octanol–water partition coefficient (Wildman–Crippen LogP) is 2.71. The number of anilines is 1. The van der Waals surface area contributed by atoms with Crippen LogP contribution in [0.2, 0.25) is 0 Å². The molecular formula is C18H25N5O. The van der Waals surface area contributed by atoms with Crippen molar-refractivity contribution < 1.29 is 4.79 Å². The van der Waals surface area contributed by atoms with Crippen molar-refractivity contribution in [3.8, 4) is 0 Å². The van der Waals surface area contributed by atoms with Gasteiger partial charge in [0.2, 0.25) is 0 Å². The molecule has 0 radical (unpaired) electrons. The van der Waals surface area contributed by atoms with Crippen LogP contribution in [0.15, 0.2) is 24.4 Å². The lowest BCUT2D eigenvalue weighted by atomic mass is 9.87.